The summed E-state index contributed by atoms with van der Waals surface area (Å²) >= 11 is 6.61. The van der Waals surface area contributed by atoms with Gasteiger partial charge >= 0.3 is 0 Å². The molecule has 0 aromatic heterocycles. The number of nitro groups is 1. The predicted molar refractivity (Wildman–Crippen MR) is 87.6 cm³/mol. The van der Waals surface area contributed by atoms with Crippen LogP contribution in [-0.2, 0) is 0 Å². The van der Waals surface area contributed by atoms with E-state index in [0.717, 1.165) is 10.0 Å². The van der Waals surface area contributed by atoms with Gasteiger partial charge in [-0.25, -0.2) is 0 Å². The highest BCUT2D eigenvalue weighted by Gasteiger charge is 2.17. The first-order valence-electron chi connectivity index (χ1n) is 6.06. The molecule has 7 heteroatoms. The van der Waals surface area contributed by atoms with Crippen LogP contribution < -0.4 is 10.5 Å². The summed E-state index contributed by atoms with van der Waals surface area (Å²) in [4.78, 5) is 10.4. The van der Waals surface area contributed by atoms with Crippen molar-refractivity contribution in [3.63, 3.8) is 0 Å². The lowest BCUT2D eigenvalue weighted by Gasteiger charge is -2.12. The van der Waals surface area contributed by atoms with Crippen molar-refractivity contribution in [3.8, 4) is 11.5 Å². The maximum Gasteiger partial charge on any atom is 0.287 e. The Morgan fingerprint density at radius 2 is 1.95 bits per heavy atom. The van der Waals surface area contributed by atoms with Crippen LogP contribution in [-0.4, -0.2) is 4.92 Å². The molecular formula is C14H12Br2N2O3. The molecule has 0 spiro atoms. The van der Waals surface area contributed by atoms with Gasteiger partial charge in [-0.2, -0.15) is 0 Å². The summed E-state index contributed by atoms with van der Waals surface area (Å²) in [6.45, 7) is 1.89. The summed E-state index contributed by atoms with van der Waals surface area (Å²) < 4.78 is 6.76. The van der Waals surface area contributed by atoms with Gasteiger partial charge in [0.05, 0.1) is 9.40 Å². The van der Waals surface area contributed by atoms with E-state index in [1.807, 2.05) is 19.1 Å². The van der Waals surface area contributed by atoms with Gasteiger partial charge in [-0.05, 0) is 62.5 Å². The Balaban J connectivity index is 2.35. The van der Waals surface area contributed by atoms with Crippen molar-refractivity contribution < 1.29 is 9.66 Å². The van der Waals surface area contributed by atoms with Crippen LogP contribution in [0.25, 0.3) is 0 Å². The van der Waals surface area contributed by atoms with Gasteiger partial charge in [-0.15, -0.1) is 0 Å². The van der Waals surface area contributed by atoms with Gasteiger partial charge in [0.15, 0.2) is 0 Å². The molecule has 1 unspecified atom stereocenters. The second kappa shape index (κ2) is 6.55. The second-order valence-corrected chi connectivity index (χ2v) is 6.07. The van der Waals surface area contributed by atoms with E-state index in [-0.39, 0.29) is 11.7 Å². The van der Waals surface area contributed by atoms with Crippen LogP contribution in [0.3, 0.4) is 0 Å². The molecule has 0 amide bonds. The molecular weight excluding hydrogens is 404 g/mol. The first-order chi connectivity index (χ1) is 9.90. The molecule has 2 aromatic rings. The van der Waals surface area contributed by atoms with Gasteiger partial charge < -0.3 is 10.5 Å². The Morgan fingerprint density at radius 1 is 1.24 bits per heavy atom. The zero-order valence-corrected chi connectivity index (χ0v) is 14.2. The molecule has 0 bridgehead atoms. The van der Waals surface area contributed by atoms with Crippen LogP contribution in [0.2, 0.25) is 0 Å². The molecule has 2 aromatic carbocycles. The van der Waals surface area contributed by atoms with Crippen LogP contribution in [0.5, 0.6) is 11.5 Å². The van der Waals surface area contributed by atoms with E-state index in [1.165, 1.54) is 6.07 Å². The molecule has 2 rings (SSSR count). The molecule has 0 aliphatic heterocycles. The SMILES string of the molecule is CC(N)c1ccc(Oc2cccc([N+](=O)[O-])c2Br)c(Br)c1. The Morgan fingerprint density at radius 3 is 2.52 bits per heavy atom. The molecule has 21 heavy (non-hydrogen) atoms. The van der Waals surface area contributed by atoms with Crippen molar-refractivity contribution >= 4 is 37.5 Å². The molecule has 0 saturated carbocycles. The lowest BCUT2D eigenvalue weighted by atomic mass is 10.1. The molecule has 0 aliphatic carbocycles. The lowest BCUT2D eigenvalue weighted by molar-refractivity contribution is -0.385. The number of hydrogen-bond acceptors (Lipinski definition) is 4. The monoisotopic (exact) mass is 414 g/mol. The number of ether oxygens (including phenoxy) is 1. The summed E-state index contributed by atoms with van der Waals surface area (Å²) in [5.41, 5.74) is 6.74. The second-order valence-electron chi connectivity index (χ2n) is 4.43. The Kier molecular flexibility index (Phi) is 4.97. The number of benzene rings is 2. The minimum atomic E-state index is -0.467. The number of nitro benzene ring substituents is 1. The summed E-state index contributed by atoms with van der Waals surface area (Å²) in [6.07, 6.45) is 0. The number of halogens is 2. The number of nitrogens with zero attached hydrogens (tertiary/aromatic N) is 1. The van der Waals surface area contributed by atoms with Crippen LogP contribution in [0.1, 0.15) is 18.5 Å². The summed E-state index contributed by atoms with van der Waals surface area (Å²) in [7, 11) is 0. The van der Waals surface area contributed by atoms with E-state index in [0.29, 0.717) is 16.0 Å². The topological polar surface area (TPSA) is 78.4 Å². The van der Waals surface area contributed by atoms with E-state index >= 15 is 0 Å². The average molecular weight is 416 g/mol. The Bertz CT molecular complexity index is 690. The van der Waals surface area contributed by atoms with Gasteiger partial charge in [0.2, 0.25) is 0 Å². The van der Waals surface area contributed by atoms with Crippen LogP contribution in [0, 0.1) is 10.1 Å². The number of nitrogens with two attached hydrogens (primary N) is 1. The van der Waals surface area contributed by atoms with Crippen molar-refractivity contribution in [2.75, 3.05) is 0 Å². The molecule has 0 aliphatic rings. The third-order valence-corrected chi connectivity index (χ3v) is 4.26. The van der Waals surface area contributed by atoms with E-state index in [9.17, 15) is 10.1 Å². The van der Waals surface area contributed by atoms with E-state index < -0.39 is 4.92 Å². The normalized spacial score (nSPS) is 12.0. The molecule has 0 heterocycles. The lowest BCUT2D eigenvalue weighted by Crippen LogP contribution is -2.04. The standard InChI is InChI=1S/C14H12Br2N2O3/c1-8(17)9-5-6-12(10(15)7-9)21-13-4-2-3-11(14(13)16)18(19)20/h2-8H,17H2,1H3. The highest BCUT2D eigenvalue weighted by molar-refractivity contribution is 9.11. The molecule has 0 fully saturated rings. The van der Waals surface area contributed by atoms with Crippen molar-refractivity contribution in [2.45, 2.75) is 13.0 Å². The van der Waals surface area contributed by atoms with Gasteiger partial charge in [0.1, 0.15) is 16.0 Å². The van der Waals surface area contributed by atoms with Crippen molar-refractivity contribution in [1.29, 1.82) is 0 Å². The maximum absolute atomic E-state index is 10.9. The maximum atomic E-state index is 10.9. The van der Waals surface area contributed by atoms with Gasteiger partial charge in [0, 0.05) is 12.1 Å². The minimum absolute atomic E-state index is 0.0455. The van der Waals surface area contributed by atoms with Gasteiger partial charge in [0.25, 0.3) is 5.69 Å². The Labute approximate surface area is 138 Å². The van der Waals surface area contributed by atoms with E-state index in [4.69, 9.17) is 10.5 Å². The highest BCUT2D eigenvalue weighted by Crippen LogP contribution is 2.38. The zero-order chi connectivity index (χ0) is 15.6. The fourth-order valence-electron chi connectivity index (χ4n) is 1.72. The smallest absolute Gasteiger partial charge is 0.287 e. The molecule has 5 nitrogen and oxygen atoms in total. The molecule has 0 radical (unpaired) electrons. The summed E-state index contributed by atoms with van der Waals surface area (Å²) in [6, 6.07) is 10.0. The number of rotatable bonds is 4. The van der Waals surface area contributed by atoms with Crippen molar-refractivity contribution in [3.05, 3.63) is 61.0 Å². The molecule has 0 saturated heterocycles. The van der Waals surface area contributed by atoms with Gasteiger partial charge in [-0.3, -0.25) is 10.1 Å². The van der Waals surface area contributed by atoms with Crippen LogP contribution >= 0.6 is 31.9 Å². The van der Waals surface area contributed by atoms with E-state index in [2.05, 4.69) is 31.9 Å². The largest absolute Gasteiger partial charge is 0.455 e. The molecule has 2 N–H and O–H groups in total. The highest BCUT2D eigenvalue weighted by atomic mass is 79.9. The molecule has 1 atom stereocenters. The third-order valence-electron chi connectivity index (χ3n) is 2.84. The predicted octanol–water partition coefficient (Wildman–Crippen LogP) is 4.93. The van der Waals surface area contributed by atoms with Crippen LogP contribution in [0.15, 0.2) is 45.3 Å². The van der Waals surface area contributed by atoms with Gasteiger partial charge in [-0.1, -0.05) is 12.1 Å². The average Bonchev–Trinajstić information content (AvgIpc) is 2.42. The first-order valence-corrected chi connectivity index (χ1v) is 7.64. The summed E-state index contributed by atoms with van der Waals surface area (Å²) in [5.74, 6) is 0.930. The van der Waals surface area contributed by atoms with E-state index in [1.54, 1.807) is 18.2 Å². The van der Waals surface area contributed by atoms with Crippen molar-refractivity contribution in [2.24, 2.45) is 5.73 Å². The summed E-state index contributed by atoms with van der Waals surface area (Å²) in [5, 5.41) is 10.9. The molecule has 110 valence electrons. The fourth-order valence-corrected chi connectivity index (χ4v) is 2.69. The quantitative estimate of drug-likeness (QED) is 0.567. The minimum Gasteiger partial charge on any atom is -0.455 e. The fraction of sp³-hybridized carbons (Fsp3) is 0.143. The zero-order valence-electron chi connectivity index (χ0n) is 11.0. The number of hydrogen-bond donors (Lipinski definition) is 1. The van der Waals surface area contributed by atoms with Crippen LogP contribution in [0.4, 0.5) is 5.69 Å². The Hall–Kier alpha value is -1.44. The van der Waals surface area contributed by atoms with Crippen molar-refractivity contribution in [1.82, 2.24) is 0 Å². The first kappa shape index (κ1) is 15.9. The third kappa shape index (κ3) is 3.61.